The summed E-state index contributed by atoms with van der Waals surface area (Å²) in [5.74, 6) is 0. The fraction of sp³-hybridized carbons (Fsp3) is 1.00. The van der Waals surface area contributed by atoms with E-state index >= 15 is 0 Å². The second-order valence-electron chi connectivity index (χ2n) is 9.31. The number of rotatable bonds is 10. The number of hydrogen-bond acceptors (Lipinski definition) is 16. The lowest BCUT2D eigenvalue weighted by Gasteiger charge is -2.48. The molecule has 16 heteroatoms. The summed E-state index contributed by atoms with van der Waals surface area (Å²) in [6.45, 7) is 0.325. The molecule has 3 heterocycles. The van der Waals surface area contributed by atoms with E-state index in [9.17, 15) is 46.0 Å². The summed E-state index contributed by atoms with van der Waals surface area (Å²) >= 11 is 0. The van der Waals surface area contributed by atoms with Gasteiger partial charge in [-0.25, -0.2) is 0 Å². The van der Waals surface area contributed by atoms with Crippen LogP contribution in [0.25, 0.3) is 0 Å². The van der Waals surface area contributed by atoms with Crippen molar-refractivity contribution in [1.29, 1.82) is 0 Å². The third-order valence-corrected chi connectivity index (χ3v) is 6.67. The molecule has 3 aliphatic heterocycles. The third kappa shape index (κ3) is 6.75. The van der Waals surface area contributed by atoms with Crippen LogP contribution in [0.4, 0.5) is 0 Å². The van der Waals surface area contributed by atoms with Crippen LogP contribution in [0, 0.1) is 0 Å². The van der Waals surface area contributed by atoms with Crippen LogP contribution >= 0.6 is 0 Å². The number of aliphatic hydroxyl groups excluding tert-OH is 9. The fourth-order valence-corrected chi connectivity index (χ4v) is 4.37. The summed E-state index contributed by atoms with van der Waals surface area (Å²) < 4.78 is 33.8. The monoisotopic (exact) mass is 545 g/mol. The first-order valence-corrected chi connectivity index (χ1v) is 12.1. The molecule has 37 heavy (non-hydrogen) atoms. The van der Waals surface area contributed by atoms with Gasteiger partial charge in [0.05, 0.1) is 25.9 Å². The Labute approximate surface area is 212 Å². The topological polar surface area (TPSA) is 263 Å². The molecule has 3 aliphatic rings. The number of aliphatic hydroxyl groups is 9. The van der Waals surface area contributed by atoms with Crippen LogP contribution in [-0.2, 0) is 28.4 Å². The Kier molecular flexibility index (Phi) is 11.4. The number of hydrogen-bond donors (Lipinski definition) is 10. The summed E-state index contributed by atoms with van der Waals surface area (Å²) in [6.07, 6.45) is -22.5. The van der Waals surface area contributed by atoms with Crippen LogP contribution in [-0.4, -0.2) is 164 Å². The molecule has 0 aromatic carbocycles. The Morgan fingerprint density at radius 1 is 0.622 bits per heavy atom. The van der Waals surface area contributed by atoms with Crippen LogP contribution in [0.2, 0.25) is 0 Å². The van der Waals surface area contributed by atoms with Gasteiger partial charge in [-0.1, -0.05) is 0 Å². The summed E-state index contributed by atoms with van der Waals surface area (Å²) in [5.41, 5.74) is 5.51. The van der Waals surface area contributed by atoms with Gasteiger partial charge in [0.2, 0.25) is 0 Å². The second kappa shape index (κ2) is 13.6. The van der Waals surface area contributed by atoms with E-state index in [-0.39, 0.29) is 13.2 Å². The van der Waals surface area contributed by atoms with Crippen molar-refractivity contribution in [2.24, 2.45) is 5.73 Å². The fourth-order valence-electron chi connectivity index (χ4n) is 4.37. The minimum absolute atomic E-state index is 0.0495. The van der Waals surface area contributed by atoms with Gasteiger partial charge >= 0.3 is 0 Å². The molecule has 218 valence electrons. The first-order valence-electron chi connectivity index (χ1n) is 12.1. The normalized spacial score (nSPS) is 49.2. The Balaban J connectivity index is 1.89. The molecule has 0 amide bonds. The molecule has 6 unspecified atom stereocenters. The predicted molar refractivity (Wildman–Crippen MR) is 117 cm³/mol. The Morgan fingerprint density at radius 2 is 1.14 bits per heavy atom. The Bertz CT molecular complexity index is 690. The maximum Gasteiger partial charge on any atom is 0.187 e. The zero-order valence-electron chi connectivity index (χ0n) is 20.2. The largest absolute Gasteiger partial charge is 0.394 e. The molecule has 0 bridgehead atoms. The van der Waals surface area contributed by atoms with Gasteiger partial charge in [0.1, 0.15) is 67.1 Å². The molecule has 16 nitrogen and oxygen atoms in total. The van der Waals surface area contributed by atoms with Gasteiger partial charge in [-0.15, -0.1) is 0 Å². The summed E-state index contributed by atoms with van der Waals surface area (Å²) in [5, 5.41) is 91.4. The Hall–Kier alpha value is -0.640. The highest BCUT2D eigenvalue weighted by molar-refractivity contribution is 4.96. The summed E-state index contributed by atoms with van der Waals surface area (Å²) in [6, 6.07) is 0. The number of ether oxygens (including phenoxy) is 6. The van der Waals surface area contributed by atoms with Gasteiger partial charge < -0.3 is 80.1 Å². The first-order chi connectivity index (χ1) is 17.5. The van der Waals surface area contributed by atoms with Crippen molar-refractivity contribution in [3.05, 3.63) is 0 Å². The van der Waals surface area contributed by atoms with Crippen LogP contribution < -0.4 is 5.73 Å². The molecule has 11 N–H and O–H groups in total. The molecule has 0 spiro atoms. The van der Waals surface area contributed by atoms with E-state index in [0.717, 1.165) is 0 Å². The highest BCUT2D eigenvalue weighted by Gasteiger charge is 2.54. The summed E-state index contributed by atoms with van der Waals surface area (Å²) in [4.78, 5) is 0. The van der Waals surface area contributed by atoms with Crippen molar-refractivity contribution in [1.82, 2.24) is 0 Å². The molecule has 3 rings (SSSR count). The van der Waals surface area contributed by atoms with Crippen molar-refractivity contribution >= 4 is 0 Å². The smallest absolute Gasteiger partial charge is 0.187 e. The molecule has 3 saturated heterocycles. The van der Waals surface area contributed by atoms with Gasteiger partial charge in [0.15, 0.2) is 18.9 Å². The van der Waals surface area contributed by atoms with Crippen molar-refractivity contribution < 1.29 is 74.4 Å². The SMILES string of the molecule is CC1O[C@@H](OC2[C@H](OCCCN)OC(CO)[C@H](O)[C@@H]2O[C@H]2OC(CO)[C@H](O)[C@H](O)C2O)C(O)[C@@H](O)[C@@H]1O. The molecule has 0 aromatic heterocycles. The van der Waals surface area contributed by atoms with E-state index in [1.807, 2.05) is 0 Å². The van der Waals surface area contributed by atoms with E-state index in [2.05, 4.69) is 0 Å². The van der Waals surface area contributed by atoms with Gasteiger partial charge in [-0.3, -0.25) is 0 Å². The van der Waals surface area contributed by atoms with Crippen LogP contribution in [0.15, 0.2) is 0 Å². The molecular formula is C21H39NO15. The van der Waals surface area contributed by atoms with Gasteiger partial charge in [-0.05, 0) is 19.9 Å². The maximum absolute atomic E-state index is 10.9. The zero-order valence-corrected chi connectivity index (χ0v) is 20.2. The molecule has 15 atom stereocenters. The lowest BCUT2D eigenvalue weighted by molar-refractivity contribution is -0.390. The third-order valence-electron chi connectivity index (χ3n) is 6.67. The van der Waals surface area contributed by atoms with E-state index in [4.69, 9.17) is 34.2 Å². The van der Waals surface area contributed by atoms with Crippen molar-refractivity contribution in [2.75, 3.05) is 26.4 Å². The average Bonchev–Trinajstić information content (AvgIpc) is 2.88. The van der Waals surface area contributed by atoms with Crippen LogP contribution in [0.1, 0.15) is 13.3 Å². The van der Waals surface area contributed by atoms with Crippen molar-refractivity contribution in [2.45, 2.75) is 105 Å². The molecule has 0 saturated carbocycles. The average molecular weight is 546 g/mol. The minimum atomic E-state index is -1.83. The molecule has 0 aliphatic carbocycles. The highest BCUT2D eigenvalue weighted by Crippen LogP contribution is 2.33. The van der Waals surface area contributed by atoms with Crippen molar-refractivity contribution in [3.63, 3.8) is 0 Å². The second-order valence-corrected chi connectivity index (χ2v) is 9.31. The molecular weight excluding hydrogens is 506 g/mol. The molecule has 0 aromatic rings. The van der Waals surface area contributed by atoms with Gasteiger partial charge in [0, 0.05) is 0 Å². The predicted octanol–water partition coefficient (Wildman–Crippen LogP) is -6.17. The van der Waals surface area contributed by atoms with Crippen LogP contribution in [0.3, 0.4) is 0 Å². The lowest BCUT2D eigenvalue weighted by atomic mass is 9.96. The first kappa shape index (κ1) is 30.9. The lowest BCUT2D eigenvalue weighted by Crippen LogP contribution is -2.67. The standard InChI is InChI=1S/C21H39NO15/c1-7-10(25)13(28)15(30)19(33-7)37-18-17(12(27)9(6-24)35-21(18)32-4-2-3-22)36-20-16(31)14(29)11(26)8(5-23)34-20/h7-21,23-31H,2-6,22H2,1H3/t7?,8?,9?,10-,11+,12+,13+,14+,15?,16?,17+,18?,19+,20-,21-/m1/s1. The van der Waals surface area contributed by atoms with E-state index in [1.54, 1.807) is 0 Å². The quantitative estimate of drug-likeness (QED) is 0.114. The molecule has 0 radical (unpaired) electrons. The van der Waals surface area contributed by atoms with Gasteiger partial charge in [0.25, 0.3) is 0 Å². The minimum Gasteiger partial charge on any atom is -0.394 e. The zero-order chi connectivity index (χ0) is 27.4. The summed E-state index contributed by atoms with van der Waals surface area (Å²) in [7, 11) is 0. The molecule has 3 fully saturated rings. The van der Waals surface area contributed by atoms with Crippen molar-refractivity contribution in [3.8, 4) is 0 Å². The Morgan fingerprint density at radius 3 is 1.73 bits per heavy atom. The van der Waals surface area contributed by atoms with Gasteiger partial charge in [-0.2, -0.15) is 0 Å². The maximum atomic E-state index is 10.9. The van der Waals surface area contributed by atoms with Crippen LogP contribution in [0.5, 0.6) is 0 Å². The highest BCUT2D eigenvalue weighted by atomic mass is 16.8. The van der Waals surface area contributed by atoms with E-state index in [0.29, 0.717) is 6.42 Å². The van der Waals surface area contributed by atoms with E-state index < -0.39 is 105 Å². The van der Waals surface area contributed by atoms with E-state index in [1.165, 1.54) is 6.92 Å². The number of nitrogens with two attached hydrogens (primary N) is 1.